The Morgan fingerprint density at radius 2 is 1.59 bits per heavy atom. The lowest BCUT2D eigenvalue weighted by molar-refractivity contribution is -0.113. The lowest BCUT2D eigenvalue weighted by atomic mass is 10.1. The Balaban J connectivity index is 1.53. The normalized spacial score (nSPS) is 10.4. The number of rotatable bonds is 8. The average Bonchev–Trinajstić information content (AvgIpc) is 2.73. The lowest BCUT2D eigenvalue weighted by Crippen LogP contribution is -2.25. The van der Waals surface area contributed by atoms with Crippen LogP contribution in [0.4, 0.5) is 5.69 Å². The summed E-state index contributed by atoms with van der Waals surface area (Å²) in [5.41, 5.74) is 3.03. The minimum atomic E-state index is -0.226. The van der Waals surface area contributed by atoms with E-state index in [9.17, 15) is 9.59 Å². The maximum absolute atomic E-state index is 12.6. The standard InChI is InChI=1S/C23H21ClN2O2S/c24-19-10-6-9-18(13-19)15-29-16-22(27)26-21-12-5-4-11-20(21)23(28)25-14-17-7-2-1-3-8-17/h1-13H,14-16H2,(H,25,28)(H,26,27). The molecule has 3 aromatic rings. The number of nitrogens with one attached hydrogen (secondary N) is 2. The molecule has 0 aromatic heterocycles. The van der Waals surface area contributed by atoms with E-state index >= 15 is 0 Å². The molecule has 148 valence electrons. The smallest absolute Gasteiger partial charge is 0.253 e. The second kappa shape index (κ2) is 10.7. The second-order valence-electron chi connectivity index (χ2n) is 6.38. The van der Waals surface area contributed by atoms with Crippen molar-refractivity contribution < 1.29 is 9.59 Å². The van der Waals surface area contributed by atoms with E-state index in [2.05, 4.69) is 10.6 Å². The molecule has 0 aliphatic carbocycles. The van der Waals surface area contributed by atoms with Gasteiger partial charge >= 0.3 is 0 Å². The summed E-state index contributed by atoms with van der Waals surface area (Å²) in [5, 5.41) is 6.41. The zero-order valence-electron chi connectivity index (χ0n) is 15.7. The largest absolute Gasteiger partial charge is 0.348 e. The van der Waals surface area contributed by atoms with Crippen LogP contribution in [0.2, 0.25) is 5.02 Å². The third kappa shape index (κ3) is 6.66. The van der Waals surface area contributed by atoms with E-state index in [1.807, 2.05) is 54.6 Å². The van der Waals surface area contributed by atoms with E-state index in [0.717, 1.165) is 11.1 Å². The Morgan fingerprint density at radius 1 is 0.862 bits per heavy atom. The summed E-state index contributed by atoms with van der Waals surface area (Å²) in [7, 11) is 0. The quantitative estimate of drug-likeness (QED) is 0.526. The van der Waals surface area contributed by atoms with Crippen molar-refractivity contribution >= 4 is 40.9 Å². The number of amides is 2. The fraction of sp³-hybridized carbons (Fsp3) is 0.130. The maximum atomic E-state index is 12.6. The third-order valence-electron chi connectivity index (χ3n) is 4.13. The van der Waals surface area contributed by atoms with E-state index < -0.39 is 0 Å². The number of hydrogen-bond acceptors (Lipinski definition) is 3. The van der Waals surface area contributed by atoms with Crippen LogP contribution >= 0.6 is 23.4 Å². The number of anilines is 1. The molecule has 2 amide bonds. The number of thioether (sulfide) groups is 1. The summed E-state index contributed by atoms with van der Waals surface area (Å²) in [6, 6.07) is 24.3. The van der Waals surface area contributed by atoms with Gasteiger partial charge in [0, 0.05) is 17.3 Å². The third-order valence-corrected chi connectivity index (χ3v) is 5.37. The summed E-state index contributed by atoms with van der Waals surface area (Å²) in [6.07, 6.45) is 0. The molecule has 0 saturated carbocycles. The van der Waals surface area contributed by atoms with Gasteiger partial charge in [-0.2, -0.15) is 0 Å². The van der Waals surface area contributed by atoms with Crippen molar-refractivity contribution in [1.29, 1.82) is 0 Å². The van der Waals surface area contributed by atoms with Gasteiger partial charge in [-0.15, -0.1) is 11.8 Å². The van der Waals surface area contributed by atoms with Gasteiger partial charge in [0.1, 0.15) is 0 Å². The van der Waals surface area contributed by atoms with Crippen molar-refractivity contribution in [1.82, 2.24) is 5.32 Å². The summed E-state index contributed by atoms with van der Waals surface area (Å²) < 4.78 is 0. The summed E-state index contributed by atoms with van der Waals surface area (Å²) in [4.78, 5) is 24.9. The van der Waals surface area contributed by atoms with Crippen LogP contribution in [-0.4, -0.2) is 17.6 Å². The van der Waals surface area contributed by atoms with Gasteiger partial charge in [-0.05, 0) is 35.4 Å². The maximum Gasteiger partial charge on any atom is 0.253 e. The van der Waals surface area contributed by atoms with Gasteiger partial charge in [-0.3, -0.25) is 9.59 Å². The Bertz CT molecular complexity index is 979. The minimum Gasteiger partial charge on any atom is -0.348 e. The van der Waals surface area contributed by atoms with E-state index in [1.165, 1.54) is 11.8 Å². The molecule has 4 nitrogen and oxygen atoms in total. The van der Waals surface area contributed by atoms with Gasteiger partial charge in [0.25, 0.3) is 5.91 Å². The molecule has 29 heavy (non-hydrogen) atoms. The topological polar surface area (TPSA) is 58.2 Å². The molecule has 3 rings (SSSR count). The SMILES string of the molecule is O=C(CSCc1cccc(Cl)c1)Nc1ccccc1C(=O)NCc1ccccc1. The number of hydrogen-bond donors (Lipinski definition) is 2. The Kier molecular flexibility index (Phi) is 7.73. The van der Waals surface area contributed by atoms with Gasteiger partial charge in [0.05, 0.1) is 17.0 Å². The van der Waals surface area contributed by atoms with Crippen molar-refractivity contribution in [2.45, 2.75) is 12.3 Å². The first-order chi connectivity index (χ1) is 14.1. The molecule has 0 aliphatic heterocycles. The summed E-state index contributed by atoms with van der Waals surface area (Å²) in [5.74, 6) is 0.594. The number of para-hydroxylation sites is 1. The van der Waals surface area contributed by atoms with Crippen molar-refractivity contribution in [3.63, 3.8) is 0 Å². The van der Waals surface area contributed by atoms with Crippen LogP contribution in [0.1, 0.15) is 21.5 Å². The Hall–Kier alpha value is -2.76. The van der Waals surface area contributed by atoms with Gasteiger partial charge in [-0.1, -0.05) is 66.2 Å². The molecule has 6 heteroatoms. The number of carbonyl (C=O) groups excluding carboxylic acids is 2. The second-order valence-corrected chi connectivity index (χ2v) is 7.81. The predicted molar refractivity (Wildman–Crippen MR) is 120 cm³/mol. The molecule has 0 radical (unpaired) electrons. The first kappa shape index (κ1) is 21.0. The van der Waals surface area contributed by atoms with Crippen LogP contribution in [0.3, 0.4) is 0 Å². The highest BCUT2D eigenvalue weighted by Crippen LogP contribution is 2.18. The Labute approximate surface area is 179 Å². The fourth-order valence-electron chi connectivity index (χ4n) is 2.74. The van der Waals surface area contributed by atoms with Crippen LogP contribution in [-0.2, 0) is 17.1 Å². The average molecular weight is 425 g/mol. The number of carbonyl (C=O) groups is 2. The van der Waals surface area contributed by atoms with Gasteiger partial charge in [-0.25, -0.2) is 0 Å². The summed E-state index contributed by atoms with van der Waals surface area (Å²) in [6.45, 7) is 0.428. The van der Waals surface area contributed by atoms with Crippen LogP contribution < -0.4 is 10.6 Å². The van der Waals surface area contributed by atoms with Crippen molar-refractivity contribution in [3.8, 4) is 0 Å². The molecular formula is C23H21ClN2O2S. The number of halogens is 1. The molecule has 0 unspecified atom stereocenters. The van der Waals surface area contributed by atoms with Gasteiger partial charge in [0.15, 0.2) is 0 Å². The minimum absolute atomic E-state index is 0.152. The zero-order valence-corrected chi connectivity index (χ0v) is 17.3. The molecule has 0 spiro atoms. The van der Waals surface area contributed by atoms with Gasteiger partial charge < -0.3 is 10.6 Å². The summed E-state index contributed by atoms with van der Waals surface area (Å²) >= 11 is 7.47. The highest BCUT2D eigenvalue weighted by Gasteiger charge is 2.13. The van der Waals surface area contributed by atoms with E-state index in [0.29, 0.717) is 28.6 Å². The van der Waals surface area contributed by atoms with Crippen molar-refractivity contribution in [2.24, 2.45) is 0 Å². The van der Waals surface area contributed by atoms with E-state index in [-0.39, 0.29) is 17.6 Å². The first-order valence-corrected chi connectivity index (χ1v) is 10.7. The molecule has 0 aliphatic rings. The molecule has 2 N–H and O–H groups in total. The molecule has 3 aromatic carbocycles. The highest BCUT2D eigenvalue weighted by atomic mass is 35.5. The van der Waals surface area contributed by atoms with Crippen molar-refractivity contribution in [3.05, 3.63) is 101 Å². The van der Waals surface area contributed by atoms with Gasteiger partial charge in [0.2, 0.25) is 5.91 Å². The van der Waals surface area contributed by atoms with Crippen LogP contribution in [0.5, 0.6) is 0 Å². The Morgan fingerprint density at radius 3 is 2.38 bits per heavy atom. The molecule has 0 fully saturated rings. The molecule has 0 bridgehead atoms. The van der Waals surface area contributed by atoms with E-state index in [1.54, 1.807) is 24.3 Å². The first-order valence-electron chi connectivity index (χ1n) is 9.15. The monoisotopic (exact) mass is 424 g/mol. The van der Waals surface area contributed by atoms with Crippen molar-refractivity contribution in [2.75, 3.05) is 11.1 Å². The van der Waals surface area contributed by atoms with E-state index in [4.69, 9.17) is 11.6 Å². The molecular weight excluding hydrogens is 404 g/mol. The lowest BCUT2D eigenvalue weighted by Gasteiger charge is -2.11. The molecule has 0 atom stereocenters. The molecule has 0 heterocycles. The number of benzene rings is 3. The fourth-order valence-corrected chi connectivity index (χ4v) is 3.73. The van der Waals surface area contributed by atoms with Crippen LogP contribution in [0, 0.1) is 0 Å². The predicted octanol–water partition coefficient (Wildman–Crippen LogP) is 5.14. The zero-order chi connectivity index (χ0) is 20.5. The van der Waals surface area contributed by atoms with Crippen LogP contribution in [0.25, 0.3) is 0 Å². The van der Waals surface area contributed by atoms with Crippen LogP contribution in [0.15, 0.2) is 78.9 Å². The highest BCUT2D eigenvalue weighted by molar-refractivity contribution is 7.99. The molecule has 0 saturated heterocycles.